The Morgan fingerprint density at radius 1 is 1.00 bits per heavy atom. The zero-order valence-electron chi connectivity index (χ0n) is 12.5. The molecule has 0 aliphatic carbocycles. The normalized spacial score (nSPS) is 10.1. The SMILES string of the molecule is CN(CCNC(=O)CCc1ccccc1)c1ccccc1. The minimum Gasteiger partial charge on any atom is -0.373 e. The van der Waals surface area contributed by atoms with Crippen LogP contribution < -0.4 is 10.2 Å². The first kappa shape index (κ1) is 15.1. The zero-order chi connectivity index (χ0) is 14.9. The van der Waals surface area contributed by atoms with Crippen LogP contribution in [0.1, 0.15) is 12.0 Å². The highest BCUT2D eigenvalue weighted by molar-refractivity contribution is 5.76. The first-order chi connectivity index (χ1) is 10.3. The standard InChI is InChI=1S/C18H22N2O/c1-20(17-10-6-3-7-11-17)15-14-19-18(21)13-12-16-8-4-2-5-9-16/h2-11H,12-15H2,1H3,(H,19,21). The molecule has 2 rings (SSSR count). The van der Waals surface area contributed by atoms with E-state index in [-0.39, 0.29) is 5.91 Å². The maximum absolute atomic E-state index is 11.8. The molecule has 21 heavy (non-hydrogen) atoms. The van der Waals surface area contributed by atoms with E-state index in [0.717, 1.165) is 18.7 Å². The Morgan fingerprint density at radius 3 is 2.29 bits per heavy atom. The van der Waals surface area contributed by atoms with E-state index >= 15 is 0 Å². The van der Waals surface area contributed by atoms with Crippen molar-refractivity contribution in [2.45, 2.75) is 12.8 Å². The minimum absolute atomic E-state index is 0.111. The number of rotatable bonds is 7. The van der Waals surface area contributed by atoms with E-state index in [0.29, 0.717) is 13.0 Å². The number of carbonyl (C=O) groups excluding carboxylic acids is 1. The largest absolute Gasteiger partial charge is 0.373 e. The van der Waals surface area contributed by atoms with Crippen LogP contribution in [0.15, 0.2) is 60.7 Å². The van der Waals surface area contributed by atoms with Gasteiger partial charge in [0.05, 0.1) is 0 Å². The highest BCUT2D eigenvalue weighted by atomic mass is 16.1. The summed E-state index contributed by atoms with van der Waals surface area (Å²) in [5, 5.41) is 2.97. The van der Waals surface area contributed by atoms with Crippen LogP contribution in [0.2, 0.25) is 0 Å². The lowest BCUT2D eigenvalue weighted by molar-refractivity contribution is -0.120. The highest BCUT2D eigenvalue weighted by Gasteiger charge is 2.03. The zero-order valence-corrected chi connectivity index (χ0v) is 12.5. The van der Waals surface area contributed by atoms with Gasteiger partial charge in [0.15, 0.2) is 0 Å². The molecule has 0 bridgehead atoms. The van der Waals surface area contributed by atoms with Crippen LogP contribution in [-0.4, -0.2) is 26.0 Å². The second kappa shape index (κ2) is 8.10. The van der Waals surface area contributed by atoms with Gasteiger partial charge in [0.1, 0.15) is 0 Å². The lowest BCUT2D eigenvalue weighted by Gasteiger charge is -2.19. The van der Waals surface area contributed by atoms with Gasteiger partial charge in [-0.15, -0.1) is 0 Å². The number of likely N-dealkylation sites (N-methyl/N-ethyl adjacent to an activating group) is 1. The van der Waals surface area contributed by atoms with E-state index < -0.39 is 0 Å². The first-order valence-electron chi connectivity index (χ1n) is 7.32. The smallest absolute Gasteiger partial charge is 0.220 e. The number of hydrogen-bond acceptors (Lipinski definition) is 2. The van der Waals surface area contributed by atoms with Crippen LogP contribution in [0.4, 0.5) is 5.69 Å². The van der Waals surface area contributed by atoms with Crippen molar-refractivity contribution >= 4 is 11.6 Å². The molecule has 2 aromatic rings. The van der Waals surface area contributed by atoms with E-state index in [9.17, 15) is 4.79 Å². The molecule has 0 saturated heterocycles. The Labute approximate surface area is 126 Å². The number of nitrogens with zero attached hydrogens (tertiary/aromatic N) is 1. The van der Waals surface area contributed by atoms with Gasteiger partial charge in [0.2, 0.25) is 5.91 Å². The van der Waals surface area contributed by atoms with Crippen molar-refractivity contribution in [3.8, 4) is 0 Å². The predicted octanol–water partition coefficient (Wildman–Crippen LogP) is 2.87. The molecule has 0 unspecified atom stereocenters. The Morgan fingerprint density at radius 2 is 1.62 bits per heavy atom. The number of anilines is 1. The van der Waals surface area contributed by atoms with Crippen molar-refractivity contribution in [2.24, 2.45) is 0 Å². The average molecular weight is 282 g/mol. The van der Waals surface area contributed by atoms with Gasteiger partial charge in [-0.05, 0) is 24.1 Å². The molecule has 110 valence electrons. The molecule has 0 spiro atoms. The highest BCUT2D eigenvalue weighted by Crippen LogP contribution is 2.09. The summed E-state index contributed by atoms with van der Waals surface area (Å²) in [6.07, 6.45) is 1.33. The number of para-hydroxylation sites is 1. The van der Waals surface area contributed by atoms with Gasteiger partial charge in [-0.3, -0.25) is 4.79 Å². The Hall–Kier alpha value is -2.29. The summed E-state index contributed by atoms with van der Waals surface area (Å²) in [7, 11) is 2.03. The number of benzene rings is 2. The maximum atomic E-state index is 11.8. The van der Waals surface area contributed by atoms with Gasteiger partial charge in [-0.2, -0.15) is 0 Å². The van der Waals surface area contributed by atoms with Crippen LogP contribution >= 0.6 is 0 Å². The monoisotopic (exact) mass is 282 g/mol. The molecule has 0 aliphatic rings. The van der Waals surface area contributed by atoms with E-state index in [1.807, 2.05) is 43.4 Å². The fourth-order valence-electron chi connectivity index (χ4n) is 2.17. The van der Waals surface area contributed by atoms with Crippen molar-refractivity contribution in [1.82, 2.24) is 5.32 Å². The summed E-state index contributed by atoms with van der Waals surface area (Å²) in [4.78, 5) is 13.9. The van der Waals surface area contributed by atoms with Crippen LogP contribution in [0.25, 0.3) is 0 Å². The number of amides is 1. The van der Waals surface area contributed by atoms with E-state index in [1.54, 1.807) is 0 Å². The van der Waals surface area contributed by atoms with Gasteiger partial charge < -0.3 is 10.2 Å². The van der Waals surface area contributed by atoms with Gasteiger partial charge in [0, 0.05) is 32.2 Å². The van der Waals surface area contributed by atoms with Crippen molar-refractivity contribution in [1.29, 1.82) is 0 Å². The van der Waals surface area contributed by atoms with E-state index in [1.165, 1.54) is 5.56 Å². The molecule has 0 aliphatic heterocycles. The summed E-state index contributed by atoms with van der Waals surface area (Å²) in [5.74, 6) is 0.111. The summed E-state index contributed by atoms with van der Waals surface area (Å²) in [6, 6.07) is 20.3. The van der Waals surface area contributed by atoms with Crippen molar-refractivity contribution in [3.63, 3.8) is 0 Å². The second-order valence-electron chi connectivity index (χ2n) is 5.09. The van der Waals surface area contributed by atoms with Crippen LogP contribution in [0.5, 0.6) is 0 Å². The first-order valence-corrected chi connectivity index (χ1v) is 7.32. The van der Waals surface area contributed by atoms with Crippen LogP contribution in [-0.2, 0) is 11.2 Å². The molecule has 0 radical (unpaired) electrons. The summed E-state index contributed by atoms with van der Waals surface area (Å²) in [5.41, 5.74) is 2.37. The molecule has 0 aromatic heterocycles. The minimum atomic E-state index is 0.111. The molecule has 2 aromatic carbocycles. The lowest BCUT2D eigenvalue weighted by Crippen LogP contribution is -2.33. The molecule has 1 amide bonds. The predicted molar refractivity (Wildman–Crippen MR) is 87.5 cm³/mol. The van der Waals surface area contributed by atoms with Gasteiger partial charge >= 0.3 is 0 Å². The third-order valence-corrected chi connectivity index (χ3v) is 3.45. The molecule has 3 nitrogen and oxygen atoms in total. The van der Waals surface area contributed by atoms with Gasteiger partial charge in [0.25, 0.3) is 0 Å². The fourth-order valence-corrected chi connectivity index (χ4v) is 2.17. The third-order valence-electron chi connectivity index (χ3n) is 3.45. The second-order valence-corrected chi connectivity index (χ2v) is 5.09. The quantitative estimate of drug-likeness (QED) is 0.847. The topological polar surface area (TPSA) is 32.3 Å². The fraction of sp³-hybridized carbons (Fsp3) is 0.278. The van der Waals surface area contributed by atoms with Crippen LogP contribution in [0.3, 0.4) is 0 Å². The molecular weight excluding hydrogens is 260 g/mol. The van der Waals surface area contributed by atoms with Gasteiger partial charge in [-0.25, -0.2) is 0 Å². The molecule has 0 fully saturated rings. The Balaban J connectivity index is 1.65. The molecule has 3 heteroatoms. The number of carbonyl (C=O) groups is 1. The molecule has 1 N–H and O–H groups in total. The Kier molecular flexibility index (Phi) is 5.83. The lowest BCUT2D eigenvalue weighted by atomic mass is 10.1. The number of nitrogens with one attached hydrogen (secondary N) is 1. The van der Waals surface area contributed by atoms with E-state index in [2.05, 4.69) is 34.5 Å². The summed E-state index contributed by atoms with van der Waals surface area (Å²) in [6.45, 7) is 1.47. The molecular formula is C18H22N2O. The summed E-state index contributed by atoms with van der Waals surface area (Å²) < 4.78 is 0. The van der Waals surface area contributed by atoms with Crippen molar-refractivity contribution in [2.75, 3.05) is 25.0 Å². The van der Waals surface area contributed by atoms with Crippen molar-refractivity contribution < 1.29 is 4.79 Å². The molecule has 0 heterocycles. The molecule has 0 atom stereocenters. The van der Waals surface area contributed by atoms with Crippen molar-refractivity contribution in [3.05, 3.63) is 66.2 Å². The maximum Gasteiger partial charge on any atom is 0.220 e. The number of aryl methyl sites for hydroxylation is 1. The van der Waals surface area contributed by atoms with Gasteiger partial charge in [-0.1, -0.05) is 48.5 Å². The van der Waals surface area contributed by atoms with E-state index in [4.69, 9.17) is 0 Å². The molecule has 0 saturated carbocycles. The number of hydrogen-bond donors (Lipinski definition) is 1. The third kappa shape index (κ3) is 5.30. The Bertz CT molecular complexity index is 540. The van der Waals surface area contributed by atoms with Crippen LogP contribution in [0, 0.1) is 0 Å². The average Bonchev–Trinajstić information content (AvgIpc) is 2.54. The summed E-state index contributed by atoms with van der Waals surface area (Å²) >= 11 is 0.